The van der Waals surface area contributed by atoms with Crippen LogP contribution in [0.1, 0.15) is 16.5 Å². The average molecular weight is 373 g/mol. The fourth-order valence-electron chi connectivity index (χ4n) is 3.33. The Balaban J connectivity index is 1.78. The van der Waals surface area contributed by atoms with E-state index in [9.17, 15) is 18.0 Å². The van der Waals surface area contributed by atoms with E-state index in [4.69, 9.17) is 15.0 Å². The molecular formula is C13H19N5O6S. The van der Waals surface area contributed by atoms with Crippen molar-refractivity contribution in [3.05, 3.63) is 11.7 Å². The zero-order valence-corrected chi connectivity index (χ0v) is 14.4. The van der Waals surface area contributed by atoms with E-state index in [1.807, 2.05) is 4.90 Å². The molecule has 0 spiro atoms. The van der Waals surface area contributed by atoms with Crippen molar-refractivity contribution in [2.45, 2.75) is 18.6 Å². The van der Waals surface area contributed by atoms with Crippen molar-refractivity contribution in [1.29, 1.82) is 0 Å². The van der Waals surface area contributed by atoms with Gasteiger partial charge < -0.3 is 19.9 Å². The van der Waals surface area contributed by atoms with Crippen molar-refractivity contribution in [3.8, 4) is 0 Å². The number of amides is 2. The van der Waals surface area contributed by atoms with Crippen LogP contribution in [0, 0.1) is 0 Å². The Morgan fingerprint density at radius 3 is 2.68 bits per heavy atom. The third kappa shape index (κ3) is 3.65. The number of nitrogens with two attached hydrogens (primary N) is 1. The number of aromatic nitrogens is 2. The Kier molecular flexibility index (Phi) is 4.75. The van der Waals surface area contributed by atoms with Crippen LogP contribution >= 0.6 is 0 Å². The molecule has 3 heterocycles. The molecule has 3 rings (SSSR count). The summed E-state index contributed by atoms with van der Waals surface area (Å²) in [6.45, 7) is 0.911. The summed E-state index contributed by atoms with van der Waals surface area (Å²) in [5.74, 6) is -1.21. The number of nitrogens with zero attached hydrogens (tertiary/aromatic N) is 4. The Bertz CT molecular complexity index is 778. The number of carbonyl (C=O) groups excluding carboxylic acids is 2. The molecular weight excluding hydrogens is 354 g/mol. The van der Waals surface area contributed by atoms with Gasteiger partial charge >= 0.3 is 0 Å². The van der Waals surface area contributed by atoms with E-state index < -0.39 is 21.8 Å². The number of fused-ring (bicyclic) bond motifs is 1. The van der Waals surface area contributed by atoms with E-state index in [0.717, 1.165) is 0 Å². The summed E-state index contributed by atoms with van der Waals surface area (Å²) in [7, 11) is -1.84. The second kappa shape index (κ2) is 6.69. The summed E-state index contributed by atoms with van der Waals surface area (Å²) >= 11 is 0. The molecule has 12 heteroatoms. The van der Waals surface area contributed by atoms with Crippen LogP contribution in [-0.2, 0) is 25.9 Å². The topological polar surface area (TPSA) is 149 Å². The molecule has 0 aromatic carbocycles. The molecule has 2 atom stereocenters. The summed E-state index contributed by atoms with van der Waals surface area (Å²) in [6, 6.07) is -0.816. The molecule has 0 unspecified atom stereocenters. The van der Waals surface area contributed by atoms with Gasteiger partial charge in [0.05, 0.1) is 24.1 Å². The lowest BCUT2D eigenvalue weighted by atomic mass is 10.0. The van der Waals surface area contributed by atoms with Crippen LogP contribution in [0.2, 0.25) is 0 Å². The predicted octanol–water partition coefficient (Wildman–Crippen LogP) is -2.38. The second-order valence-electron chi connectivity index (χ2n) is 6.08. The number of hydrogen-bond donors (Lipinski definition) is 1. The number of ether oxygens (including phenoxy) is 1. The first-order chi connectivity index (χ1) is 11.8. The Labute approximate surface area is 144 Å². The molecule has 0 saturated carbocycles. The molecule has 2 amide bonds. The average Bonchev–Trinajstić information content (AvgIpc) is 3.11. The summed E-state index contributed by atoms with van der Waals surface area (Å²) < 4.78 is 34.1. The van der Waals surface area contributed by atoms with Crippen LogP contribution in [0.15, 0.2) is 4.52 Å². The standard InChI is InChI=1S/C13H19N5O6S/c1-23-5-11(19)18-3-2-17(8-6-25(21,22)7-9(8)18)4-10-15-13(12(14)20)16-24-10/h8-9H,2-7H2,1H3,(H2,14,20)/t8-,9+/m1/s1. The first kappa shape index (κ1) is 17.8. The Morgan fingerprint density at radius 1 is 1.32 bits per heavy atom. The van der Waals surface area contributed by atoms with E-state index in [2.05, 4.69) is 10.1 Å². The monoisotopic (exact) mass is 373 g/mol. The number of hydrogen-bond acceptors (Lipinski definition) is 9. The third-order valence-corrected chi connectivity index (χ3v) is 6.10. The maximum Gasteiger partial charge on any atom is 0.290 e. The van der Waals surface area contributed by atoms with Crippen molar-refractivity contribution in [2.24, 2.45) is 5.73 Å². The highest BCUT2D eigenvalue weighted by atomic mass is 32.2. The Morgan fingerprint density at radius 2 is 2.04 bits per heavy atom. The minimum absolute atomic E-state index is 0.0504. The fraction of sp³-hybridized carbons (Fsp3) is 0.692. The number of methoxy groups -OCH3 is 1. The van der Waals surface area contributed by atoms with Crippen LogP contribution in [0.4, 0.5) is 0 Å². The minimum Gasteiger partial charge on any atom is -0.375 e. The van der Waals surface area contributed by atoms with Crippen molar-refractivity contribution >= 4 is 21.7 Å². The highest BCUT2D eigenvalue weighted by molar-refractivity contribution is 7.91. The van der Waals surface area contributed by atoms with Gasteiger partial charge in [-0.25, -0.2) is 8.42 Å². The van der Waals surface area contributed by atoms with Crippen molar-refractivity contribution in [3.63, 3.8) is 0 Å². The maximum atomic E-state index is 12.2. The lowest BCUT2D eigenvalue weighted by molar-refractivity contribution is -0.141. The molecule has 138 valence electrons. The van der Waals surface area contributed by atoms with Crippen LogP contribution in [0.25, 0.3) is 0 Å². The zero-order chi connectivity index (χ0) is 18.2. The lowest BCUT2D eigenvalue weighted by Crippen LogP contribution is -2.60. The number of carbonyl (C=O) groups is 2. The van der Waals surface area contributed by atoms with Gasteiger partial charge in [0.1, 0.15) is 6.61 Å². The maximum absolute atomic E-state index is 12.2. The highest BCUT2D eigenvalue weighted by Crippen LogP contribution is 2.28. The van der Waals surface area contributed by atoms with Gasteiger partial charge in [-0.15, -0.1) is 0 Å². The molecule has 0 bridgehead atoms. The first-order valence-electron chi connectivity index (χ1n) is 7.66. The summed E-state index contributed by atoms with van der Waals surface area (Å²) in [6.07, 6.45) is 0. The third-order valence-electron chi connectivity index (χ3n) is 4.41. The minimum atomic E-state index is -3.26. The summed E-state index contributed by atoms with van der Waals surface area (Å²) in [4.78, 5) is 30.6. The van der Waals surface area contributed by atoms with E-state index >= 15 is 0 Å². The molecule has 0 radical (unpaired) electrons. The highest BCUT2D eigenvalue weighted by Gasteiger charge is 2.48. The second-order valence-corrected chi connectivity index (χ2v) is 8.23. The first-order valence-corrected chi connectivity index (χ1v) is 9.48. The quantitative estimate of drug-likeness (QED) is 0.597. The largest absolute Gasteiger partial charge is 0.375 e. The molecule has 1 aromatic rings. The molecule has 2 aliphatic heterocycles. The van der Waals surface area contributed by atoms with Crippen molar-refractivity contribution in [2.75, 3.05) is 38.3 Å². The molecule has 2 saturated heterocycles. The van der Waals surface area contributed by atoms with Crippen molar-refractivity contribution < 1.29 is 27.3 Å². The van der Waals surface area contributed by atoms with Gasteiger partial charge in [0, 0.05) is 26.2 Å². The summed E-state index contributed by atoms with van der Waals surface area (Å²) in [5, 5.41) is 3.48. The molecule has 2 N–H and O–H groups in total. The molecule has 1 aromatic heterocycles. The number of sulfone groups is 1. The molecule has 2 aliphatic rings. The van der Waals surface area contributed by atoms with Gasteiger partial charge in [-0.3, -0.25) is 14.5 Å². The van der Waals surface area contributed by atoms with Gasteiger partial charge in [0.2, 0.25) is 11.8 Å². The number of primary amides is 1. The molecule has 0 aliphatic carbocycles. The van der Waals surface area contributed by atoms with Crippen LogP contribution in [0.5, 0.6) is 0 Å². The smallest absolute Gasteiger partial charge is 0.290 e. The van der Waals surface area contributed by atoms with E-state index in [0.29, 0.717) is 13.1 Å². The van der Waals surface area contributed by atoms with Gasteiger partial charge in [0.25, 0.3) is 11.7 Å². The van der Waals surface area contributed by atoms with Crippen LogP contribution in [0.3, 0.4) is 0 Å². The number of piperazine rings is 1. The molecule has 11 nitrogen and oxygen atoms in total. The van der Waals surface area contributed by atoms with Gasteiger partial charge in [-0.2, -0.15) is 4.98 Å². The van der Waals surface area contributed by atoms with E-state index in [1.165, 1.54) is 7.11 Å². The van der Waals surface area contributed by atoms with Crippen molar-refractivity contribution in [1.82, 2.24) is 19.9 Å². The molecule has 25 heavy (non-hydrogen) atoms. The van der Waals surface area contributed by atoms with Crippen LogP contribution < -0.4 is 5.73 Å². The SMILES string of the molecule is COCC(=O)N1CCN(Cc2nc(C(N)=O)no2)[C@@H]2CS(=O)(=O)C[C@@H]21. The lowest BCUT2D eigenvalue weighted by Gasteiger charge is -2.43. The number of rotatable bonds is 5. The summed E-state index contributed by atoms with van der Waals surface area (Å²) in [5.41, 5.74) is 5.09. The van der Waals surface area contributed by atoms with E-state index in [1.54, 1.807) is 4.90 Å². The Hall–Kier alpha value is -2.05. The van der Waals surface area contributed by atoms with Gasteiger partial charge in [-0.05, 0) is 0 Å². The fourth-order valence-corrected chi connectivity index (χ4v) is 5.34. The predicted molar refractivity (Wildman–Crippen MR) is 83.0 cm³/mol. The zero-order valence-electron chi connectivity index (χ0n) is 13.6. The van der Waals surface area contributed by atoms with Gasteiger partial charge in [0.15, 0.2) is 9.84 Å². The normalized spacial score (nSPS) is 25.7. The van der Waals surface area contributed by atoms with Gasteiger partial charge in [-0.1, -0.05) is 5.16 Å². The van der Waals surface area contributed by atoms with Crippen LogP contribution in [-0.4, -0.2) is 90.6 Å². The van der Waals surface area contributed by atoms with E-state index in [-0.39, 0.29) is 48.3 Å². The molecule has 2 fully saturated rings.